The number of hydrogen-bond acceptors (Lipinski definition) is 4. The maximum absolute atomic E-state index is 13.5. The van der Waals surface area contributed by atoms with Crippen LogP contribution in [0.25, 0.3) is 5.57 Å². The highest BCUT2D eigenvalue weighted by molar-refractivity contribution is 6.45. The second kappa shape index (κ2) is 7.15. The molecule has 2 aliphatic heterocycles. The summed E-state index contributed by atoms with van der Waals surface area (Å²) in [6, 6.07) is 13.2. The Morgan fingerprint density at radius 3 is 2.18 bits per heavy atom. The molecule has 0 aliphatic carbocycles. The molecule has 2 amide bonds. The lowest BCUT2D eigenvalue weighted by Gasteiger charge is -2.20. The summed E-state index contributed by atoms with van der Waals surface area (Å²) in [6.45, 7) is 5.51. The van der Waals surface area contributed by atoms with Crippen LogP contribution in [-0.2, 0) is 9.59 Å². The van der Waals surface area contributed by atoms with E-state index in [0.717, 1.165) is 37.1 Å². The highest BCUT2D eigenvalue weighted by Gasteiger charge is 2.43. The number of aryl methyl sites for hydroxylation is 2. The lowest BCUT2D eigenvalue weighted by Crippen LogP contribution is -2.34. The predicted molar refractivity (Wildman–Crippen MR) is 109 cm³/mol. The van der Waals surface area contributed by atoms with Gasteiger partial charge in [-0.2, -0.15) is 0 Å². The second-order valence-electron chi connectivity index (χ2n) is 7.41. The molecule has 0 unspecified atom stereocenters. The molecule has 1 fully saturated rings. The molecule has 1 saturated heterocycles. The number of likely N-dealkylation sites (tertiary alicyclic amines) is 1. The SMILES string of the molecule is COc1ccccc1C1=C(N2CCCC2)C(=O)N(c2cc(C)cc(C)c2)C1=O. The number of anilines is 1. The third-order valence-corrected chi connectivity index (χ3v) is 5.32. The Hall–Kier alpha value is -3.08. The lowest BCUT2D eigenvalue weighted by atomic mass is 10.0. The van der Waals surface area contributed by atoms with E-state index < -0.39 is 0 Å². The fourth-order valence-electron chi connectivity index (χ4n) is 4.16. The maximum Gasteiger partial charge on any atom is 0.282 e. The molecule has 0 atom stereocenters. The molecule has 2 aliphatic rings. The molecular formula is C23H24N2O3. The van der Waals surface area contributed by atoms with Crippen LogP contribution in [0.3, 0.4) is 0 Å². The molecule has 28 heavy (non-hydrogen) atoms. The minimum atomic E-state index is -0.290. The Bertz CT molecular complexity index is 967. The molecule has 4 rings (SSSR count). The Kier molecular flexibility index (Phi) is 4.67. The zero-order valence-electron chi connectivity index (χ0n) is 16.5. The molecule has 0 radical (unpaired) electrons. The van der Waals surface area contributed by atoms with Gasteiger partial charge in [0.15, 0.2) is 0 Å². The third kappa shape index (κ3) is 2.97. The van der Waals surface area contributed by atoms with E-state index in [1.165, 1.54) is 4.90 Å². The quantitative estimate of drug-likeness (QED) is 0.764. The topological polar surface area (TPSA) is 49.9 Å². The van der Waals surface area contributed by atoms with Gasteiger partial charge in [-0.1, -0.05) is 24.3 Å². The van der Waals surface area contributed by atoms with E-state index in [0.29, 0.717) is 28.3 Å². The van der Waals surface area contributed by atoms with Gasteiger partial charge >= 0.3 is 0 Å². The molecule has 0 saturated carbocycles. The van der Waals surface area contributed by atoms with Gasteiger partial charge in [0.2, 0.25) is 0 Å². The molecule has 5 heteroatoms. The summed E-state index contributed by atoms with van der Waals surface area (Å²) in [6.07, 6.45) is 2.04. The summed E-state index contributed by atoms with van der Waals surface area (Å²) in [4.78, 5) is 30.4. The zero-order valence-corrected chi connectivity index (χ0v) is 16.5. The number of para-hydroxylation sites is 1. The Balaban J connectivity index is 1.89. The minimum absolute atomic E-state index is 0.252. The van der Waals surface area contributed by atoms with Crippen LogP contribution in [0.2, 0.25) is 0 Å². The van der Waals surface area contributed by atoms with Gasteiger partial charge in [-0.05, 0) is 56.0 Å². The van der Waals surface area contributed by atoms with Gasteiger partial charge in [-0.25, -0.2) is 4.90 Å². The average Bonchev–Trinajstić information content (AvgIpc) is 3.27. The van der Waals surface area contributed by atoms with Crippen molar-refractivity contribution in [3.63, 3.8) is 0 Å². The second-order valence-corrected chi connectivity index (χ2v) is 7.41. The van der Waals surface area contributed by atoms with Crippen molar-refractivity contribution in [1.82, 2.24) is 4.90 Å². The van der Waals surface area contributed by atoms with Crippen molar-refractivity contribution < 1.29 is 14.3 Å². The number of nitrogens with zero attached hydrogens (tertiary/aromatic N) is 2. The predicted octanol–water partition coefficient (Wildman–Crippen LogP) is 3.69. The van der Waals surface area contributed by atoms with Crippen molar-refractivity contribution in [2.24, 2.45) is 0 Å². The van der Waals surface area contributed by atoms with Gasteiger partial charge in [0.25, 0.3) is 11.8 Å². The first-order valence-corrected chi connectivity index (χ1v) is 9.61. The summed E-state index contributed by atoms with van der Waals surface area (Å²) in [5.74, 6) is 0.0526. The summed E-state index contributed by atoms with van der Waals surface area (Å²) >= 11 is 0. The lowest BCUT2D eigenvalue weighted by molar-refractivity contribution is -0.120. The summed E-state index contributed by atoms with van der Waals surface area (Å²) in [5, 5.41) is 0. The van der Waals surface area contributed by atoms with Gasteiger partial charge in [0.1, 0.15) is 11.4 Å². The number of benzene rings is 2. The number of imide groups is 1. The summed E-state index contributed by atoms with van der Waals surface area (Å²) < 4.78 is 5.50. The van der Waals surface area contributed by atoms with Crippen molar-refractivity contribution in [3.8, 4) is 5.75 Å². The van der Waals surface area contributed by atoms with E-state index in [2.05, 4.69) is 0 Å². The number of rotatable bonds is 4. The van der Waals surface area contributed by atoms with Gasteiger partial charge in [0, 0.05) is 18.7 Å². The van der Waals surface area contributed by atoms with E-state index >= 15 is 0 Å². The van der Waals surface area contributed by atoms with Crippen LogP contribution >= 0.6 is 0 Å². The van der Waals surface area contributed by atoms with E-state index in [1.54, 1.807) is 7.11 Å². The first-order valence-electron chi connectivity index (χ1n) is 9.61. The normalized spacial score (nSPS) is 17.1. The van der Waals surface area contributed by atoms with Crippen LogP contribution < -0.4 is 9.64 Å². The molecule has 5 nitrogen and oxygen atoms in total. The van der Waals surface area contributed by atoms with Crippen molar-refractivity contribution in [2.75, 3.05) is 25.1 Å². The number of carbonyl (C=O) groups is 2. The van der Waals surface area contributed by atoms with Crippen LogP contribution in [0.1, 0.15) is 29.5 Å². The molecule has 0 spiro atoms. The molecule has 2 heterocycles. The van der Waals surface area contributed by atoms with Crippen LogP contribution in [0.5, 0.6) is 5.75 Å². The standard InChI is InChI=1S/C23H24N2O3/c1-15-12-16(2)14-17(13-15)25-22(26)20(18-8-4-5-9-19(18)28-3)21(23(25)27)24-10-6-7-11-24/h4-5,8-9,12-14H,6-7,10-11H2,1-3H3. The molecule has 0 N–H and O–H groups in total. The third-order valence-electron chi connectivity index (χ3n) is 5.32. The average molecular weight is 376 g/mol. The number of ether oxygens (including phenoxy) is 1. The van der Waals surface area contributed by atoms with Crippen LogP contribution in [-0.4, -0.2) is 36.9 Å². The van der Waals surface area contributed by atoms with Crippen molar-refractivity contribution in [2.45, 2.75) is 26.7 Å². The van der Waals surface area contributed by atoms with E-state index in [4.69, 9.17) is 4.74 Å². The van der Waals surface area contributed by atoms with Gasteiger partial charge < -0.3 is 9.64 Å². The van der Waals surface area contributed by atoms with E-state index in [1.807, 2.05) is 61.2 Å². The smallest absolute Gasteiger partial charge is 0.282 e. The summed E-state index contributed by atoms with van der Waals surface area (Å²) in [5.41, 5.74) is 4.24. The molecule has 144 valence electrons. The van der Waals surface area contributed by atoms with Gasteiger partial charge in [0.05, 0.1) is 18.4 Å². The molecule has 2 aromatic carbocycles. The van der Waals surface area contributed by atoms with Crippen molar-refractivity contribution in [3.05, 3.63) is 64.9 Å². The van der Waals surface area contributed by atoms with Crippen molar-refractivity contribution >= 4 is 23.1 Å². The highest BCUT2D eigenvalue weighted by Crippen LogP contribution is 2.39. The monoisotopic (exact) mass is 376 g/mol. The fraction of sp³-hybridized carbons (Fsp3) is 0.304. The van der Waals surface area contributed by atoms with Crippen LogP contribution in [0, 0.1) is 13.8 Å². The first-order chi connectivity index (χ1) is 13.5. The number of amides is 2. The van der Waals surface area contributed by atoms with E-state index in [-0.39, 0.29) is 11.8 Å². The Labute approximate surface area is 165 Å². The number of carbonyl (C=O) groups excluding carboxylic acids is 2. The van der Waals surface area contributed by atoms with Gasteiger partial charge in [-0.3, -0.25) is 9.59 Å². The van der Waals surface area contributed by atoms with Crippen LogP contribution in [0.4, 0.5) is 5.69 Å². The first kappa shape index (κ1) is 18.3. The summed E-state index contributed by atoms with van der Waals surface area (Å²) in [7, 11) is 1.58. The molecular weight excluding hydrogens is 352 g/mol. The van der Waals surface area contributed by atoms with E-state index in [9.17, 15) is 9.59 Å². The largest absolute Gasteiger partial charge is 0.496 e. The fourth-order valence-corrected chi connectivity index (χ4v) is 4.16. The number of hydrogen-bond donors (Lipinski definition) is 0. The van der Waals surface area contributed by atoms with Gasteiger partial charge in [-0.15, -0.1) is 0 Å². The molecule has 0 bridgehead atoms. The zero-order chi connectivity index (χ0) is 19.8. The highest BCUT2D eigenvalue weighted by atomic mass is 16.5. The molecule has 2 aromatic rings. The Morgan fingerprint density at radius 1 is 0.893 bits per heavy atom. The number of methoxy groups -OCH3 is 1. The minimum Gasteiger partial charge on any atom is -0.496 e. The maximum atomic E-state index is 13.5. The Morgan fingerprint density at radius 2 is 1.54 bits per heavy atom. The molecule has 0 aromatic heterocycles. The van der Waals surface area contributed by atoms with Crippen LogP contribution in [0.15, 0.2) is 48.2 Å². The van der Waals surface area contributed by atoms with Crippen molar-refractivity contribution in [1.29, 1.82) is 0 Å².